The maximum Gasteiger partial charge on any atom is 0.246 e. The molecule has 1 heterocycles. The number of amides is 3. The minimum atomic E-state index is -0.393. The number of piperazine rings is 1. The van der Waals surface area contributed by atoms with Crippen molar-refractivity contribution >= 4 is 17.7 Å². The Bertz CT molecular complexity index is 346. The van der Waals surface area contributed by atoms with Gasteiger partial charge >= 0.3 is 0 Å². The van der Waals surface area contributed by atoms with Crippen molar-refractivity contribution in [1.29, 1.82) is 0 Å². The SMILES string of the molecule is NCC1CCC(C(=O)N2CC(=O)NC(=O)C2)CC1. The third kappa shape index (κ3) is 2.87. The van der Waals surface area contributed by atoms with Crippen LogP contribution in [0.15, 0.2) is 0 Å². The van der Waals surface area contributed by atoms with E-state index in [1.807, 2.05) is 0 Å². The van der Waals surface area contributed by atoms with Gasteiger partial charge in [-0.05, 0) is 38.1 Å². The molecule has 18 heavy (non-hydrogen) atoms. The topological polar surface area (TPSA) is 92.5 Å². The van der Waals surface area contributed by atoms with Crippen molar-refractivity contribution in [2.24, 2.45) is 17.6 Å². The number of nitrogens with zero attached hydrogens (tertiary/aromatic N) is 1. The molecule has 2 fully saturated rings. The molecular formula is C12H19N3O3. The minimum absolute atomic E-state index is 0.00138. The molecule has 1 aliphatic heterocycles. The highest BCUT2D eigenvalue weighted by Crippen LogP contribution is 2.29. The smallest absolute Gasteiger partial charge is 0.246 e. The number of carbonyl (C=O) groups is 3. The fraction of sp³-hybridized carbons (Fsp3) is 0.750. The number of nitrogens with one attached hydrogen (secondary N) is 1. The Morgan fingerprint density at radius 1 is 1.17 bits per heavy atom. The first-order valence-electron chi connectivity index (χ1n) is 6.41. The summed E-state index contributed by atoms with van der Waals surface area (Å²) >= 11 is 0. The van der Waals surface area contributed by atoms with Gasteiger partial charge in [0.15, 0.2) is 0 Å². The highest BCUT2D eigenvalue weighted by atomic mass is 16.2. The molecule has 1 aliphatic carbocycles. The average molecular weight is 253 g/mol. The summed E-state index contributed by atoms with van der Waals surface area (Å²) in [5, 5.41) is 2.19. The van der Waals surface area contributed by atoms with E-state index in [1.165, 1.54) is 4.90 Å². The zero-order valence-electron chi connectivity index (χ0n) is 10.4. The van der Waals surface area contributed by atoms with Gasteiger partial charge in [-0.25, -0.2) is 0 Å². The molecular weight excluding hydrogens is 234 g/mol. The fourth-order valence-electron chi connectivity index (χ4n) is 2.70. The first-order chi connectivity index (χ1) is 8.60. The fourth-order valence-corrected chi connectivity index (χ4v) is 2.70. The summed E-state index contributed by atoms with van der Waals surface area (Å²) in [4.78, 5) is 36.0. The summed E-state index contributed by atoms with van der Waals surface area (Å²) < 4.78 is 0. The molecule has 0 bridgehead atoms. The van der Waals surface area contributed by atoms with Crippen LogP contribution in [0.2, 0.25) is 0 Å². The lowest BCUT2D eigenvalue weighted by Crippen LogP contribution is -2.54. The molecule has 0 atom stereocenters. The number of hydrogen-bond donors (Lipinski definition) is 2. The molecule has 0 aromatic carbocycles. The van der Waals surface area contributed by atoms with Gasteiger partial charge in [0.2, 0.25) is 17.7 Å². The molecule has 3 amide bonds. The monoisotopic (exact) mass is 253 g/mol. The van der Waals surface area contributed by atoms with Crippen LogP contribution in [0, 0.1) is 11.8 Å². The first-order valence-corrected chi connectivity index (χ1v) is 6.41. The van der Waals surface area contributed by atoms with Gasteiger partial charge in [0.25, 0.3) is 0 Å². The van der Waals surface area contributed by atoms with Gasteiger partial charge < -0.3 is 10.6 Å². The summed E-state index contributed by atoms with van der Waals surface area (Å²) in [6.45, 7) is 0.675. The van der Waals surface area contributed by atoms with Crippen LogP contribution in [-0.2, 0) is 14.4 Å². The summed E-state index contributed by atoms with van der Waals surface area (Å²) in [6.07, 6.45) is 3.54. The highest BCUT2D eigenvalue weighted by Gasteiger charge is 2.33. The third-order valence-corrected chi connectivity index (χ3v) is 3.79. The van der Waals surface area contributed by atoms with E-state index in [0.29, 0.717) is 12.5 Å². The molecule has 6 heteroatoms. The van der Waals surface area contributed by atoms with Crippen LogP contribution >= 0.6 is 0 Å². The summed E-state index contributed by atoms with van der Waals surface area (Å²) in [6, 6.07) is 0. The maximum atomic E-state index is 12.2. The first kappa shape index (κ1) is 13.0. The molecule has 6 nitrogen and oxygen atoms in total. The maximum absolute atomic E-state index is 12.2. The molecule has 0 unspecified atom stereocenters. The van der Waals surface area contributed by atoms with Crippen LogP contribution in [0.5, 0.6) is 0 Å². The Labute approximate surface area is 106 Å². The van der Waals surface area contributed by atoms with Crippen molar-refractivity contribution in [3.8, 4) is 0 Å². The van der Waals surface area contributed by atoms with Gasteiger partial charge in [-0.2, -0.15) is 0 Å². The lowest BCUT2D eigenvalue weighted by Gasteiger charge is -2.32. The van der Waals surface area contributed by atoms with Crippen LogP contribution in [0.4, 0.5) is 0 Å². The molecule has 0 spiro atoms. The zero-order valence-corrected chi connectivity index (χ0v) is 10.4. The van der Waals surface area contributed by atoms with E-state index < -0.39 is 11.8 Å². The van der Waals surface area contributed by atoms with Crippen LogP contribution < -0.4 is 11.1 Å². The normalized spacial score (nSPS) is 29.1. The van der Waals surface area contributed by atoms with Gasteiger partial charge in [-0.1, -0.05) is 0 Å². The molecule has 2 aliphatic rings. The largest absolute Gasteiger partial charge is 0.330 e. The van der Waals surface area contributed by atoms with Crippen LogP contribution in [0.25, 0.3) is 0 Å². The third-order valence-electron chi connectivity index (χ3n) is 3.79. The summed E-state index contributed by atoms with van der Waals surface area (Å²) in [5.74, 6) is -0.383. The van der Waals surface area contributed by atoms with Crippen LogP contribution in [-0.4, -0.2) is 42.3 Å². The molecule has 0 aromatic heterocycles. The predicted octanol–water partition coefficient (Wildman–Crippen LogP) is -0.763. The molecule has 3 N–H and O–H groups in total. The molecule has 100 valence electrons. The Hall–Kier alpha value is -1.43. The van der Waals surface area contributed by atoms with E-state index in [4.69, 9.17) is 5.73 Å². The highest BCUT2D eigenvalue weighted by molar-refractivity contribution is 6.02. The summed E-state index contributed by atoms with van der Waals surface area (Å²) in [7, 11) is 0. The molecule has 1 saturated carbocycles. The average Bonchev–Trinajstić information content (AvgIpc) is 2.37. The van der Waals surface area contributed by atoms with E-state index in [9.17, 15) is 14.4 Å². The Balaban J connectivity index is 1.91. The quantitative estimate of drug-likeness (QED) is 0.632. The van der Waals surface area contributed by atoms with Crippen molar-refractivity contribution in [1.82, 2.24) is 10.2 Å². The Morgan fingerprint density at radius 2 is 1.72 bits per heavy atom. The van der Waals surface area contributed by atoms with Gasteiger partial charge in [0, 0.05) is 5.92 Å². The van der Waals surface area contributed by atoms with Gasteiger partial charge in [-0.3, -0.25) is 19.7 Å². The van der Waals surface area contributed by atoms with Crippen molar-refractivity contribution < 1.29 is 14.4 Å². The number of rotatable bonds is 2. The predicted molar refractivity (Wildman–Crippen MR) is 64.2 cm³/mol. The van der Waals surface area contributed by atoms with Crippen molar-refractivity contribution in [2.75, 3.05) is 19.6 Å². The van der Waals surface area contributed by atoms with E-state index >= 15 is 0 Å². The lowest BCUT2D eigenvalue weighted by atomic mass is 9.81. The van der Waals surface area contributed by atoms with Gasteiger partial charge in [0.1, 0.15) is 13.1 Å². The van der Waals surface area contributed by atoms with E-state index in [-0.39, 0.29) is 24.9 Å². The summed E-state index contributed by atoms with van der Waals surface area (Å²) in [5.41, 5.74) is 5.61. The van der Waals surface area contributed by atoms with Crippen LogP contribution in [0.3, 0.4) is 0 Å². The number of imide groups is 1. The van der Waals surface area contributed by atoms with Crippen LogP contribution in [0.1, 0.15) is 25.7 Å². The van der Waals surface area contributed by atoms with Gasteiger partial charge in [-0.15, -0.1) is 0 Å². The Kier molecular flexibility index (Phi) is 3.96. The zero-order chi connectivity index (χ0) is 13.1. The van der Waals surface area contributed by atoms with Crippen molar-refractivity contribution in [3.63, 3.8) is 0 Å². The van der Waals surface area contributed by atoms with Crippen molar-refractivity contribution in [2.45, 2.75) is 25.7 Å². The number of carbonyl (C=O) groups excluding carboxylic acids is 3. The molecule has 1 saturated heterocycles. The van der Waals surface area contributed by atoms with Gasteiger partial charge in [0.05, 0.1) is 0 Å². The number of hydrogen-bond acceptors (Lipinski definition) is 4. The number of nitrogens with two attached hydrogens (primary N) is 1. The lowest BCUT2D eigenvalue weighted by molar-refractivity contribution is -0.148. The molecule has 0 radical (unpaired) electrons. The van der Waals surface area contributed by atoms with E-state index in [2.05, 4.69) is 5.32 Å². The molecule has 2 rings (SSSR count). The Morgan fingerprint density at radius 3 is 2.22 bits per heavy atom. The molecule has 0 aromatic rings. The standard InChI is InChI=1S/C12H19N3O3/c13-5-8-1-3-9(4-2-8)12(18)15-6-10(16)14-11(17)7-15/h8-9H,1-7,13H2,(H,14,16,17). The van der Waals surface area contributed by atoms with Crippen molar-refractivity contribution in [3.05, 3.63) is 0 Å². The second kappa shape index (κ2) is 5.48. The van der Waals surface area contributed by atoms with E-state index in [0.717, 1.165) is 25.7 Å². The van der Waals surface area contributed by atoms with E-state index in [1.54, 1.807) is 0 Å². The second-order valence-electron chi connectivity index (χ2n) is 5.12. The minimum Gasteiger partial charge on any atom is -0.330 e. The second-order valence-corrected chi connectivity index (χ2v) is 5.12.